The average molecular weight is 301 g/mol. The normalized spacial score (nSPS) is 11.0. The monoisotopic (exact) mass is 300 g/mol. The number of nitrogens with zero attached hydrogens (tertiary/aromatic N) is 4. The smallest absolute Gasteiger partial charge is 0.162 e. The van der Waals surface area contributed by atoms with E-state index in [2.05, 4.69) is 16.3 Å². The van der Waals surface area contributed by atoms with Gasteiger partial charge in [0.15, 0.2) is 5.82 Å². The molecule has 21 heavy (non-hydrogen) atoms. The summed E-state index contributed by atoms with van der Waals surface area (Å²) in [5.74, 6) is 1.33. The number of rotatable bonds is 3. The predicted octanol–water partition coefficient (Wildman–Crippen LogP) is 3.72. The van der Waals surface area contributed by atoms with Crippen LogP contribution >= 0.6 is 11.6 Å². The molecule has 0 N–H and O–H groups in total. The molecule has 2 aromatic heterocycles. The van der Waals surface area contributed by atoms with E-state index in [0.717, 1.165) is 34.2 Å². The third kappa shape index (κ3) is 2.36. The molecule has 0 aliphatic heterocycles. The maximum absolute atomic E-state index is 6.15. The van der Waals surface area contributed by atoms with E-state index in [1.165, 1.54) is 0 Å². The van der Waals surface area contributed by atoms with Crippen molar-refractivity contribution in [2.45, 2.75) is 26.7 Å². The lowest BCUT2D eigenvalue weighted by Gasteiger charge is -2.10. The molecule has 1 aromatic carbocycles. The fraction of sp³-hybridized carbons (Fsp3) is 0.250. The van der Waals surface area contributed by atoms with E-state index in [9.17, 15) is 0 Å². The van der Waals surface area contributed by atoms with Crippen LogP contribution in [-0.2, 0) is 5.88 Å². The number of hydrogen-bond donors (Lipinski definition) is 0. The lowest BCUT2D eigenvalue weighted by Crippen LogP contribution is -2.09. The fourth-order valence-corrected chi connectivity index (χ4v) is 2.83. The van der Waals surface area contributed by atoms with Crippen molar-refractivity contribution in [1.29, 1.82) is 0 Å². The first-order chi connectivity index (χ1) is 10.1. The van der Waals surface area contributed by atoms with Gasteiger partial charge in [-0.1, -0.05) is 18.2 Å². The van der Waals surface area contributed by atoms with Crippen LogP contribution in [0.4, 0.5) is 0 Å². The Morgan fingerprint density at radius 1 is 1.00 bits per heavy atom. The lowest BCUT2D eigenvalue weighted by atomic mass is 10.2. The van der Waals surface area contributed by atoms with Gasteiger partial charge < -0.3 is 0 Å². The van der Waals surface area contributed by atoms with Crippen LogP contribution in [0.15, 0.2) is 36.4 Å². The highest BCUT2D eigenvalue weighted by Crippen LogP contribution is 2.25. The highest BCUT2D eigenvalue weighted by atomic mass is 35.5. The van der Waals surface area contributed by atoms with Gasteiger partial charge in [0.2, 0.25) is 0 Å². The van der Waals surface area contributed by atoms with E-state index < -0.39 is 0 Å². The third-order valence-corrected chi connectivity index (χ3v) is 3.77. The largest absolute Gasteiger partial charge is 0.219 e. The zero-order valence-corrected chi connectivity index (χ0v) is 13.1. The molecule has 0 fully saturated rings. The molecule has 3 aromatic rings. The molecule has 0 radical (unpaired) electrons. The molecule has 0 spiro atoms. The SMILES string of the molecule is Cc1cc(C)n(-c2c(CCl)c(C)nn2-c2ccccc2)n1. The summed E-state index contributed by atoms with van der Waals surface area (Å²) in [7, 11) is 0. The van der Waals surface area contributed by atoms with Crippen molar-refractivity contribution >= 4 is 11.6 Å². The Morgan fingerprint density at radius 3 is 2.29 bits per heavy atom. The van der Waals surface area contributed by atoms with Crippen molar-refractivity contribution in [2.75, 3.05) is 0 Å². The minimum absolute atomic E-state index is 0.409. The fourth-order valence-electron chi connectivity index (χ4n) is 2.51. The minimum Gasteiger partial charge on any atom is -0.219 e. The third-order valence-electron chi connectivity index (χ3n) is 3.50. The minimum atomic E-state index is 0.409. The molecule has 108 valence electrons. The summed E-state index contributed by atoms with van der Waals surface area (Å²) >= 11 is 6.15. The summed E-state index contributed by atoms with van der Waals surface area (Å²) in [6.45, 7) is 6.00. The van der Waals surface area contributed by atoms with Crippen LogP contribution in [0.1, 0.15) is 22.6 Å². The van der Waals surface area contributed by atoms with Crippen molar-refractivity contribution in [3.8, 4) is 11.5 Å². The first-order valence-corrected chi connectivity index (χ1v) is 7.39. The van der Waals surface area contributed by atoms with Crippen molar-refractivity contribution in [3.05, 3.63) is 59.0 Å². The summed E-state index contributed by atoms with van der Waals surface area (Å²) < 4.78 is 3.83. The molecular formula is C16H17ClN4. The van der Waals surface area contributed by atoms with Gasteiger partial charge >= 0.3 is 0 Å². The standard InChI is InChI=1S/C16H17ClN4/c1-11-9-12(2)20(18-11)16-15(10-17)13(3)19-21(16)14-7-5-4-6-8-14/h4-9H,10H2,1-3H3. The molecule has 0 unspecified atom stereocenters. The predicted molar refractivity (Wildman–Crippen MR) is 84.5 cm³/mol. The number of aromatic nitrogens is 4. The van der Waals surface area contributed by atoms with Crippen LogP contribution in [0.25, 0.3) is 11.5 Å². The molecule has 0 bridgehead atoms. The topological polar surface area (TPSA) is 35.6 Å². The van der Waals surface area contributed by atoms with Crippen LogP contribution in [0.2, 0.25) is 0 Å². The maximum atomic E-state index is 6.15. The van der Waals surface area contributed by atoms with Crippen molar-refractivity contribution < 1.29 is 0 Å². The summed E-state index contributed by atoms with van der Waals surface area (Å²) in [4.78, 5) is 0. The summed E-state index contributed by atoms with van der Waals surface area (Å²) in [6.07, 6.45) is 0. The Balaban J connectivity index is 2.30. The maximum Gasteiger partial charge on any atom is 0.162 e. The Bertz CT molecular complexity index is 771. The highest BCUT2D eigenvalue weighted by Gasteiger charge is 2.19. The number of benzene rings is 1. The zero-order chi connectivity index (χ0) is 15.0. The van der Waals surface area contributed by atoms with Gasteiger partial charge in [0.05, 0.1) is 23.0 Å². The molecule has 0 aliphatic rings. The first-order valence-electron chi connectivity index (χ1n) is 6.85. The molecule has 5 heteroatoms. The van der Waals surface area contributed by atoms with Gasteiger partial charge in [0, 0.05) is 11.3 Å². The second-order valence-electron chi connectivity index (χ2n) is 5.11. The Kier molecular flexibility index (Phi) is 3.55. The number of alkyl halides is 1. The second-order valence-corrected chi connectivity index (χ2v) is 5.37. The van der Waals surface area contributed by atoms with Crippen LogP contribution in [0.3, 0.4) is 0 Å². The summed E-state index contributed by atoms with van der Waals surface area (Å²) in [6, 6.07) is 12.1. The van der Waals surface area contributed by atoms with Gasteiger partial charge in [-0.15, -0.1) is 11.6 Å². The Labute approximate surface area is 129 Å². The molecule has 3 rings (SSSR count). The van der Waals surface area contributed by atoms with E-state index in [1.54, 1.807) is 0 Å². The van der Waals surface area contributed by atoms with Crippen LogP contribution in [-0.4, -0.2) is 19.6 Å². The zero-order valence-electron chi connectivity index (χ0n) is 12.3. The van der Waals surface area contributed by atoms with E-state index in [1.807, 2.05) is 60.5 Å². The molecule has 0 aliphatic carbocycles. The lowest BCUT2D eigenvalue weighted by molar-refractivity contribution is 0.738. The van der Waals surface area contributed by atoms with E-state index in [4.69, 9.17) is 11.6 Å². The van der Waals surface area contributed by atoms with Gasteiger partial charge in [-0.05, 0) is 39.0 Å². The summed E-state index contributed by atoms with van der Waals surface area (Å²) in [5.41, 5.74) is 4.98. The molecule has 0 amide bonds. The molecule has 0 saturated heterocycles. The van der Waals surface area contributed by atoms with Crippen molar-refractivity contribution in [3.63, 3.8) is 0 Å². The van der Waals surface area contributed by atoms with Gasteiger partial charge in [-0.2, -0.15) is 10.2 Å². The van der Waals surface area contributed by atoms with Crippen LogP contribution in [0, 0.1) is 20.8 Å². The van der Waals surface area contributed by atoms with Gasteiger partial charge in [-0.3, -0.25) is 0 Å². The first kappa shape index (κ1) is 13.9. The van der Waals surface area contributed by atoms with Crippen LogP contribution < -0.4 is 0 Å². The molecule has 2 heterocycles. The number of halogens is 1. The molecule has 0 saturated carbocycles. The van der Waals surface area contributed by atoms with Gasteiger partial charge in [0.25, 0.3) is 0 Å². The average Bonchev–Trinajstić information content (AvgIpc) is 2.98. The van der Waals surface area contributed by atoms with E-state index >= 15 is 0 Å². The quantitative estimate of drug-likeness (QED) is 0.691. The van der Waals surface area contributed by atoms with Crippen molar-refractivity contribution in [2.24, 2.45) is 0 Å². The Morgan fingerprint density at radius 2 is 1.71 bits per heavy atom. The molecule has 0 atom stereocenters. The second kappa shape index (κ2) is 5.37. The molecule has 4 nitrogen and oxygen atoms in total. The summed E-state index contributed by atoms with van der Waals surface area (Å²) in [5, 5.41) is 9.24. The van der Waals surface area contributed by atoms with E-state index in [-0.39, 0.29) is 0 Å². The number of hydrogen-bond acceptors (Lipinski definition) is 2. The van der Waals surface area contributed by atoms with Crippen molar-refractivity contribution in [1.82, 2.24) is 19.6 Å². The van der Waals surface area contributed by atoms with Gasteiger partial charge in [-0.25, -0.2) is 9.36 Å². The number of para-hydroxylation sites is 1. The Hall–Kier alpha value is -2.07. The molecular weight excluding hydrogens is 284 g/mol. The van der Waals surface area contributed by atoms with E-state index in [0.29, 0.717) is 5.88 Å². The van der Waals surface area contributed by atoms with Crippen LogP contribution in [0.5, 0.6) is 0 Å². The number of aryl methyl sites for hydroxylation is 3. The van der Waals surface area contributed by atoms with Gasteiger partial charge in [0.1, 0.15) is 0 Å². The highest BCUT2D eigenvalue weighted by molar-refractivity contribution is 6.17.